The molecule has 0 heterocycles. The van der Waals surface area contributed by atoms with E-state index < -0.39 is 11.6 Å². The van der Waals surface area contributed by atoms with Crippen LogP contribution in [0.3, 0.4) is 0 Å². The standard InChI is InChI=1S/C14H22N4O2/c1-14(2,12(19)16-10-9-15-3)18-13(20)17-11-7-5-4-6-8-11/h4-8,15H,9-10H2,1-3H3,(H,16,19)(H2,17,18,20). The fourth-order valence-corrected chi connectivity index (χ4v) is 1.55. The van der Waals surface area contributed by atoms with E-state index in [1.54, 1.807) is 26.0 Å². The van der Waals surface area contributed by atoms with Crippen LogP contribution in [-0.2, 0) is 4.79 Å². The Morgan fingerprint density at radius 3 is 2.35 bits per heavy atom. The van der Waals surface area contributed by atoms with Gasteiger partial charge in [0.15, 0.2) is 0 Å². The Hall–Kier alpha value is -2.08. The Balaban J connectivity index is 2.48. The van der Waals surface area contributed by atoms with Crippen molar-refractivity contribution in [3.05, 3.63) is 30.3 Å². The molecule has 1 aromatic carbocycles. The van der Waals surface area contributed by atoms with Gasteiger partial charge in [0.1, 0.15) is 5.54 Å². The van der Waals surface area contributed by atoms with Crippen LogP contribution < -0.4 is 21.3 Å². The molecule has 0 atom stereocenters. The zero-order chi connectivity index (χ0) is 15.0. The Morgan fingerprint density at radius 2 is 1.75 bits per heavy atom. The highest BCUT2D eigenvalue weighted by Crippen LogP contribution is 2.07. The average molecular weight is 278 g/mol. The molecule has 0 unspecified atom stereocenters. The molecule has 0 fully saturated rings. The summed E-state index contributed by atoms with van der Waals surface area (Å²) in [6.45, 7) is 4.51. The lowest BCUT2D eigenvalue weighted by Gasteiger charge is -2.25. The molecule has 3 amide bonds. The van der Waals surface area contributed by atoms with Gasteiger partial charge >= 0.3 is 6.03 Å². The van der Waals surface area contributed by atoms with Gasteiger partial charge in [-0.05, 0) is 33.0 Å². The molecule has 0 aliphatic rings. The Bertz CT molecular complexity index is 446. The fraction of sp³-hybridized carbons (Fsp3) is 0.429. The van der Waals surface area contributed by atoms with Gasteiger partial charge < -0.3 is 21.3 Å². The summed E-state index contributed by atoms with van der Waals surface area (Å²) in [4.78, 5) is 23.8. The fourth-order valence-electron chi connectivity index (χ4n) is 1.55. The van der Waals surface area contributed by atoms with E-state index in [0.717, 1.165) is 0 Å². The maximum absolute atomic E-state index is 11.9. The molecule has 1 aromatic rings. The Morgan fingerprint density at radius 1 is 1.10 bits per heavy atom. The van der Waals surface area contributed by atoms with Crippen LogP contribution in [0, 0.1) is 0 Å². The van der Waals surface area contributed by atoms with E-state index in [1.165, 1.54) is 0 Å². The first-order valence-electron chi connectivity index (χ1n) is 6.53. The number of amides is 3. The molecule has 0 aromatic heterocycles. The molecule has 6 nitrogen and oxygen atoms in total. The summed E-state index contributed by atoms with van der Waals surface area (Å²) in [6, 6.07) is 8.66. The average Bonchev–Trinajstić information content (AvgIpc) is 2.39. The first-order chi connectivity index (χ1) is 9.45. The molecule has 0 aliphatic heterocycles. The van der Waals surface area contributed by atoms with Crippen molar-refractivity contribution in [2.75, 3.05) is 25.5 Å². The summed E-state index contributed by atoms with van der Waals surface area (Å²) < 4.78 is 0. The number of benzene rings is 1. The lowest BCUT2D eigenvalue weighted by atomic mass is 10.1. The summed E-state index contributed by atoms with van der Waals surface area (Å²) >= 11 is 0. The number of carbonyl (C=O) groups is 2. The van der Waals surface area contributed by atoms with Gasteiger partial charge in [0.25, 0.3) is 0 Å². The van der Waals surface area contributed by atoms with Gasteiger partial charge in [0.05, 0.1) is 0 Å². The third-order valence-corrected chi connectivity index (χ3v) is 2.69. The third kappa shape index (κ3) is 5.27. The normalized spacial score (nSPS) is 10.8. The number of para-hydroxylation sites is 1. The predicted molar refractivity (Wildman–Crippen MR) is 79.6 cm³/mol. The maximum atomic E-state index is 11.9. The number of carbonyl (C=O) groups excluding carboxylic acids is 2. The van der Waals surface area contributed by atoms with Gasteiger partial charge in [-0.1, -0.05) is 18.2 Å². The minimum atomic E-state index is -0.980. The molecule has 0 radical (unpaired) electrons. The van der Waals surface area contributed by atoms with E-state index in [-0.39, 0.29) is 5.91 Å². The summed E-state index contributed by atoms with van der Waals surface area (Å²) in [5.41, 5.74) is -0.302. The molecule has 20 heavy (non-hydrogen) atoms. The molecule has 0 saturated heterocycles. The number of nitrogens with one attached hydrogen (secondary N) is 4. The van der Waals surface area contributed by atoms with Crippen LogP contribution in [0.15, 0.2) is 30.3 Å². The van der Waals surface area contributed by atoms with Crippen molar-refractivity contribution < 1.29 is 9.59 Å². The van der Waals surface area contributed by atoms with E-state index in [9.17, 15) is 9.59 Å². The lowest BCUT2D eigenvalue weighted by Crippen LogP contribution is -2.56. The van der Waals surface area contributed by atoms with Gasteiger partial charge in [-0.25, -0.2) is 4.79 Å². The molecule has 4 N–H and O–H groups in total. The highest BCUT2D eigenvalue weighted by molar-refractivity contribution is 5.95. The smallest absolute Gasteiger partial charge is 0.320 e. The second-order valence-electron chi connectivity index (χ2n) is 4.93. The van der Waals surface area contributed by atoms with Gasteiger partial charge in [-0.15, -0.1) is 0 Å². The molecule has 0 spiro atoms. The number of rotatable bonds is 6. The summed E-state index contributed by atoms with van der Waals surface area (Å²) in [6.07, 6.45) is 0. The zero-order valence-electron chi connectivity index (χ0n) is 12.1. The molecule has 0 saturated carbocycles. The minimum Gasteiger partial charge on any atom is -0.353 e. The van der Waals surface area contributed by atoms with Gasteiger partial charge in [-0.3, -0.25) is 4.79 Å². The Kier molecular flexibility index (Phi) is 5.99. The number of hydrogen-bond acceptors (Lipinski definition) is 3. The zero-order valence-corrected chi connectivity index (χ0v) is 12.1. The third-order valence-electron chi connectivity index (χ3n) is 2.69. The van der Waals surface area contributed by atoms with E-state index in [1.807, 2.05) is 25.2 Å². The second kappa shape index (κ2) is 7.49. The van der Waals surface area contributed by atoms with Crippen molar-refractivity contribution in [1.82, 2.24) is 16.0 Å². The Labute approximate surface area is 119 Å². The monoisotopic (exact) mass is 278 g/mol. The van der Waals surface area contributed by atoms with Crippen LogP contribution in [-0.4, -0.2) is 37.6 Å². The largest absolute Gasteiger partial charge is 0.353 e. The first-order valence-corrected chi connectivity index (χ1v) is 6.53. The number of anilines is 1. The highest BCUT2D eigenvalue weighted by atomic mass is 16.2. The first kappa shape index (κ1) is 16.0. The van der Waals surface area contributed by atoms with Crippen molar-refractivity contribution in [1.29, 1.82) is 0 Å². The summed E-state index contributed by atoms with van der Waals surface area (Å²) in [5, 5.41) is 11.0. The number of urea groups is 1. The summed E-state index contributed by atoms with van der Waals surface area (Å²) in [5.74, 6) is -0.226. The molecule has 0 aliphatic carbocycles. The van der Waals surface area contributed by atoms with Crippen LogP contribution in [0.2, 0.25) is 0 Å². The van der Waals surface area contributed by atoms with Gasteiger partial charge in [0.2, 0.25) is 5.91 Å². The molecular formula is C14H22N4O2. The van der Waals surface area contributed by atoms with Crippen LogP contribution >= 0.6 is 0 Å². The lowest BCUT2D eigenvalue weighted by molar-refractivity contribution is -0.125. The minimum absolute atomic E-state index is 0.226. The molecule has 110 valence electrons. The predicted octanol–water partition coefficient (Wildman–Crippen LogP) is 0.922. The number of hydrogen-bond donors (Lipinski definition) is 4. The van der Waals surface area contributed by atoms with Crippen molar-refractivity contribution in [3.63, 3.8) is 0 Å². The molecule has 0 bridgehead atoms. The van der Waals surface area contributed by atoms with E-state index >= 15 is 0 Å². The molecule has 6 heteroatoms. The SMILES string of the molecule is CNCCNC(=O)C(C)(C)NC(=O)Nc1ccccc1. The second-order valence-corrected chi connectivity index (χ2v) is 4.93. The summed E-state index contributed by atoms with van der Waals surface area (Å²) in [7, 11) is 1.81. The van der Waals surface area contributed by atoms with E-state index in [0.29, 0.717) is 18.8 Å². The van der Waals surface area contributed by atoms with Crippen LogP contribution in [0.25, 0.3) is 0 Å². The highest BCUT2D eigenvalue weighted by Gasteiger charge is 2.29. The van der Waals surface area contributed by atoms with Crippen molar-refractivity contribution in [2.45, 2.75) is 19.4 Å². The quantitative estimate of drug-likeness (QED) is 0.584. The van der Waals surface area contributed by atoms with Gasteiger partial charge in [0, 0.05) is 18.8 Å². The van der Waals surface area contributed by atoms with E-state index in [2.05, 4.69) is 21.3 Å². The van der Waals surface area contributed by atoms with E-state index in [4.69, 9.17) is 0 Å². The van der Waals surface area contributed by atoms with Gasteiger partial charge in [-0.2, -0.15) is 0 Å². The maximum Gasteiger partial charge on any atom is 0.320 e. The molecular weight excluding hydrogens is 256 g/mol. The van der Waals surface area contributed by atoms with Crippen molar-refractivity contribution in [2.24, 2.45) is 0 Å². The number of likely N-dealkylation sites (N-methyl/N-ethyl adjacent to an activating group) is 1. The van der Waals surface area contributed by atoms with Crippen LogP contribution in [0.1, 0.15) is 13.8 Å². The van der Waals surface area contributed by atoms with Crippen LogP contribution in [0.4, 0.5) is 10.5 Å². The van der Waals surface area contributed by atoms with Crippen molar-refractivity contribution in [3.8, 4) is 0 Å². The molecule has 1 rings (SSSR count). The topological polar surface area (TPSA) is 82.3 Å². The van der Waals surface area contributed by atoms with Crippen LogP contribution in [0.5, 0.6) is 0 Å². The van der Waals surface area contributed by atoms with Crippen molar-refractivity contribution >= 4 is 17.6 Å².